The zero-order valence-electron chi connectivity index (χ0n) is 13.4. The Kier molecular flexibility index (Phi) is 6.22. The predicted molar refractivity (Wildman–Crippen MR) is 81.4 cm³/mol. The van der Waals surface area contributed by atoms with Crippen LogP contribution in [0, 0.1) is 0 Å². The van der Waals surface area contributed by atoms with Crippen molar-refractivity contribution < 1.29 is 21.7 Å². The van der Waals surface area contributed by atoms with Crippen LogP contribution < -0.4 is 0 Å². The van der Waals surface area contributed by atoms with E-state index in [4.69, 9.17) is 13.3 Å². The van der Waals surface area contributed by atoms with Gasteiger partial charge < -0.3 is 13.3 Å². The lowest BCUT2D eigenvalue weighted by molar-refractivity contribution is -0.00331. The predicted octanol–water partition coefficient (Wildman–Crippen LogP) is 2.39. The highest BCUT2D eigenvalue weighted by Gasteiger charge is 2.55. The van der Waals surface area contributed by atoms with Crippen molar-refractivity contribution in [3.05, 3.63) is 0 Å². The quantitative estimate of drug-likeness (QED) is 0.673. The van der Waals surface area contributed by atoms with Crippen LogP contribution in [0.5, 0.6) is 0 Å². The van der Waals surface area contributed by atoms with Crippen molar-refractivity contribution in [2.24, 2.45) is 0 Å². The average molecular weight is 325 g/mol. The van der Waals surface area contributed by atoms with Crippen LogP contribution in [-0.4, -0.2) is 47.0 Å². The first-order chi connectivity index (χ1) is 9.06. The zero-order valence-corrected chi connectivity index (χ0v) is 15.2. The first kappa shape index (κ1) is 18.1. The average Bonchev–Trinajstić information content (AvgIpc) is 2.55. The second-order valence-electron chi connectivity index (χ2n) is 6.20. The van der Waals surface area contributed by atoms with Gasteiger partial charge in [-0.3, -0.25) is 0 Å². The van der Waals surface area contributed by atoms with Gasteiger partial charge in [-0.05, 0) is 48.0 Å². The van der Waals surface area contributed by atoms with E-state index >= 15 is 0 Å². The summed E-state index contributed by atoms with van der Waals surface area (Å²) in [5.41, 5.74) is -0.153. The summed E-state index contributed by atoms with van der Waals surface area (Å²) in [4.78, 5) is 0. The summed E-state index contributed by atoms with van der Waals surface area (Å²) in [5.74, 6) is 0.322. The van der Waals surface area contributed by atoms with E-state index in [2.05, 4.69) is 0 Å². The topological polar surface area (TPSA) is 61.8 Å². The molecule has 1 saturated heterocycles. The molecule has 120 valence electrons. The molecular weight excluding hydrogens is 296 g/mol. The molecule has 0 amide bonds. The van der Waals surface area contributed by atoms with Crippen molar-refractivity contribution in [2.45, 2.75) is 71.8 Å². The van der Waals surface area contributed by atoms with Crippen LogP contribution in [0.1, 0.15) is 48.0 Å². The van der Waals surface area contributed by atoms with Gasteiger partial charge in [-0.15, -0.1) is 0 Å². The van der Waals surface area contributed by atoms with Gasteiger partial charge in [0.15, 0.2) is 9.84 Å². The van der Waals surface area contributed by atoms with E-state index in [1.165, 1.54) is 0 Å². The largest absolute Gasteiger partial charge is 0.505 e. The first-order valence-corrected chi connectivity index (χ1v) is 10.9. The normalized spacial score (nSPS) is 23.1. The minimum absolute atomic E-state index is 0.0533. The van der Waals surface area contributed by atoms with E-state index in [1.807, 2.05) is 41.5 Å². The fourth-order valence-electron chi connectivity index (χ4n) is 2.43. The second kappa shape index (κ2) is 6.87. The number of hydrogen-bond acceptors (Lipinski definition) is 5. The van der Waals surface area contributed by atoms with Gasteiger partial charge in [0.1, 0.15) is 0 Å². The number of rotatable bonds is 7. The summed E-state index contributed by atoms with van der Waals surface area (Å²) in [6.45, 7) is 11.6. The highest BCUT2D eigenvalue weighted by molar-refractivity contribution is 7.91. The van der Waals surface area contributed by atoms with Gasteiger partial charge in [0.05, 0.1) is 11.5 Å². The Balaban J connectivity index is 3.07. The van der Waals surface area contributed by atoms with Gasteiger partial charge in [-0.25, -0.2) is 8.42 Å². The standard InChI is InChI=1S/C13H28O5SSi/c1-10(2)16-20(17-11(3)4,18-12(5)6)13-7-8-19(14,15)9-13/h10-13H,7-9H2,1-6H3. The third-order valence-electron chi connectivity index (χ3n) is 2.93. The lowest BCUT2D eigenvalue weighted by Gasteiger charge is -2.37. The van der Waals surface area contributed by atoms with E-state index in [-0.39, 0.29) is 35.4 Å². The molecule has 0 aromatic rings. The summed E-state index contributed by atoms with van der Waals surface area (Å²) in [6.07, 6.45) is 0.410. The Morgan fingerprint density at radius 1 is 0.900 bits per heavy atom. The van der Waals surface area contributed by atoms with Gasteiger partial charge >= 0.3 is 8.80 Å². The van der Waals surface area contributed by atoms with Crippen LogP contribution in [0.4, 0.5) is 0 Å². The Hall–Kier alpha value is 0.0469. The van der Waals surface area contributed by atoms with E-state index in [0.717, 1.165) is 0 Å². The molecule has 20 heavy (non-hydrogen) atoms. The van der Waals surface area contributed by atoms with Crippen LogP contribution in [-0.2, 0) is 23.1 Å². The molecule has 1 heterocycles. The molecule has 1 rings (SSSR count). The molecule has 5 nitrogen and oxygen atoms in total. The lowest BCUT2D eigenvalue weighted by atomic mass is 10.4. The van der Waals surface area contributed by atoms with Crippen molar-refractivity contribution in [2.75, 3.05) is 11.5 Å². The van der Waals surface area contributed by atoms with Crippen LogP contribution >= 0.6 is 0 Å². The Bertz CT molecular complexity index is 378. The number of hydrogen-bond donors (Lipinski definition) is 0. The molecule has 1 fully saturated rings. The molecular formula is C13H28O5SSi. The maximum Gasteiger partial charge on any atom is 0.505 e. The molecule has 0 aromatic carbocycles. The van der Waals surface area contributed by atoms with Crippen molar-refractivity contribution in [1.29, 1.82) is 0 Å². The molecule has 1 aliphatic rings. The first-order valence-electron chi connectivity index (χ1n) is 7.30. The molecule has 0 spiro atoms. The van der Waals surface area contributed by atoms with Gasteiger partial charge in [-0.1, -0.05) is 0 Å². The van der Waals surface area contributed by atoms with Crippen LogP contribution in [0.25, 0.3) is 0 Å². The Morgan fingerprint density at radius 2 is 1.30 bits per heavy atom. The summed E-state index contributed by atoms with van der Waals surface area (Å²) in [5, 5.41) is 0. The van der Waals surface area contributed by atoms with Crippen molar-refractivity contribution in [3.63, 3.8) is 0 Å². The molecule has 0 saturated carbocycles. The Morgan fingerprint density at radius 3 is 1.55 bits per heavy atom. The molecule has 0 N–H and O–H groups in total. The van der Waals surface area contributed by atoms with Crippen molar-refractivity contribution in [1.82, 2.24) is 0 Å². The molecule has 1 unspecified atom stereocenters. The van der Waals surface area contributed by atoms with Gasteiger partial charge in [0.25, 0.3) is 0 Å². The van der Waals surface area contributed by atoms with E-state index in [0.29, 0.717) is 6.42 Å². The van der Waals surface area contributed by atoms with E-state index < -0.39 is 18.6 Å². The summed E-state index contributed by atoms with van der Waals surface area (Å²) in [6, 6.07) is 0. The van der Waals surface area contributed by atoms with Crippen molar-refractivity contribution >= 4 is 18.6 Å². The molecule has 1 atom stereocenters. The lowest BCUT2D eigenvalue weighted by Crippen LogP contribution is -2.54. The van der Waals surface area contributed by atoms with Crippen molar-refractivity contribution in [3.8, 4) is 0 Å². The summed E-state index contributed by atoms with van der Waals surface area (Å²) < 4.78 is 41.8. The minimum Gasteiger partial charge on any atom is -0.371 e. The molecule has 7 heteroatoms. The number of sulfone groups is 1. The highest BCUT2D eigenvalue weighted by atomic mass is 32.2. The molecule has 1 aliphatic heterocycles. The second-order valence-corrected chi connectivity index (χ2v) is 11.2. The summed E-state index contributed by atoms with van der Waals surface area (Å²) >= 11 is 0. The smallest absolute Gasteiger partial charge is 0.371 e. The maximum absolute atomic E-state index is 11.8. The zero-order chi connectivity index (χ0) is 15.6. The fraction of sp³-hybridized carbons (Fsp3) is 1.00. The molecule has 0 radical (unpaired) electrons. The summed E-state index contributed by atoms with van der Waals surface area (Å²) in [7, 11) is -6.01. The SMILES string of the molecule is CC(C)O[Si](OC(C)C)(OC(C)C)C1CCS(=O)(=O)C1. The molecule has 0 bridgehead atoms. The third-order valence-corrected chi connectivity index (χ3v) is 8.89. The van der Waals surface area contributed by atoms with E-state index in [9.17, 15) is 8.42 Å². The van der Waals surface area contributed by atoms with Crippen LogP contribution in [0.15, 0.2) is 0 Å². The molecule has 0 aliphatic carbocycles. The molecule has 0 aromatic heterocycles. The van der Waals surface area contributed by atoms with E-state index in [1.54, 1.807) is 0 Å². The highest BCUT2D eigenvalue weighted by Crippen LogP contribution is 2.38. The maximum atomic E-state index is 11.8. The monoisotopic (exact) mass is 324 g/mol. The van der Waals surface area contributed by atoms with Gasteiger partial charge in [-0.2, -0.15) is 0 Å². The van der Waals surface area contributed by atoms with Gasteiger partial charge in [0.2, 0.25) is 0 Å². The van der Waals surface area contributed by atoms with Gasteiger partial charge in [0, 0.05) is 23.9 Å². The van der Waals surface area contributed by atoms with Crippen LogP contribution in [0.2, 0.25) is 5.54 Å². The fourth-order valence-corrected chi connectivity index (χ4v) is 9.02. The Labute approximate surface area is 124 Å². The minimum atomic E-state index is -3.02. The third kappa shape index (κ3) is 5.11. The van der Waals surface area contributed by atoms with Crippen LogP contribution in [0.3, 0.4) is 0 Å².